The second-order valence-electron chi connectivity index (χ2n) is 2.73. The van der Waals surface area contributed by atoms with Gasteiger partial charge in [0.15, 0.2) is 0 Å². The normalized spacial score (nSPS) is 8.29. The maximum absolute atomic E-state index is 2.12. The Morgan fingerprint density at radius 3 is 1.00 bits per heavy atom. The summed E-state index contributed by atoms with van der Waals surface area (Å²) in [6, 6.07) is 20.8. The first-order chi connectivity index (χ1) is 5.97. The van der Waals surface area contributed by atoms with Crippen LogP contribution in [0.4, 0.5) is 0 Å². The Kier molecular flexibility index (Phi) is 6.17. The minimum atomic E-state index is 0. The van der Waals surface area contributed by atoms with Crippen LogP contribution in [-0.2, 0) is 0 Å². The van der Waals surface area contributed by atoms with Crippen LogP contribution in [0.25, 0.3) is 11.1 Å². The molecule has 2 heteroatoms. The fraction of sp³-hybridized carbons (Fsp3) is 0. The predicted octanol–water partition coefficient (Wildman–Crippen LogP) is 3.58. The lowest BCUT2D eigenvalue weighted by atomic mass is 10.1. The molecule has 0 saturated heterocycles. The van der Waals surface area contributed by atoms with Gasteiger partial charge in [-0.2, -0.15) is 27.0 Å². The Bertz CT molecular complexity index is 306. The molecule has 0 saturated carbocycles. The topological polar surface area (TPSA) is 0 Å². The third-order valence-corrected chi connectivity index (χ3v) is 1.88. The van der Waals surface area contributed by atoms with Gasteiger partial charge in [0.1, 0.15) is 0 Å². The molecular formula is C12H14S2. The molecule has 0 spiro atoms. The Balaban J connectivity index is 0.000000845. The van der Waals surface area contributed by atoms with Gasteiger partial charge in [0, 0.05) is 0 Å². The predicted molar refractivity (Wildman–Crippen MR) is 72.6 cm³/mol. The maximum Gasteiger partial charge on any atom is -0.0184 e. The molecule has 0 aliphatic heterocycles. The van der Waals surface area contributed by atoms with Crippen molar-refractivity contribution in [3.8, 4) is 11.1 Å². The smallest absolute Gasteiger partial charge is 0.0184 e. The van der Waals surface area contributed by atoms with Crippen molar-refractivity contribution in [1.82, 2.24) is 0 Å². The molecule has 0 amide bonds. The van der Waals surface area contributed by atoms with Crippen LogP contribution in [0.3, 0.4) is 0 Å². The molecule has 0 radical (unpaired) electrons. The second-order valence-corrected chi connectivity index (χ2v) is 2.73. The average Bonchev–Trinajstić information content (AvgIpc) is 2.21. The van der Waals surface area contributed by atoms with E-state index >= 15 is 0 Å². The van der Waals surface area contributed by atoms with Gasteiger partial charge in [-0.3, -0.25) is 0 Å². The van der Waals surface area contributed by atoms with Crippen LogP contribution in [0.2, 0.25) is 0 Å². The zero-order valence-corrected chi connectivity index (χ0v) is 9.77. The first kappa shape index (κ1) is 13.1. The lowest BCUT2D eigenvalue weighted by Crippen LogP contribution is -1.73. The Hall–Kier alpha value is -0.860. The van der Waals surface area contributed by atoms with E-state index in [0.717, 1.165) is 0 Å². The van der Waals surface area contributed by atoms with E-state index in [9.17, 15) is 0 Å². The van der Waals surface area contributed by atoms with E-state index in [-0.39, 0.29) is 27.0 Å². The average molecular weight is 222 g/mol. The summed E-state index contributed by atoms with van der Waals surface area (Å²) in [5, 5.41) is 0. The highest BCUT2D eigenvalue weighted by atomic mass is 32.1. The Morgan fingerprint density at radius 2 is 0.714 bits per heavy atom. The molecule has 0 heterocycles. The lowest BCUT2D eigenvalue weighted by Gasteiger charge is -1.98. The summed E-state index contributed by atoms with van der Waals surface area (Å²) in [6.07, 6.45) is 0. The fourth-order valence-electron chi connectivity index (χ4n) is 1.26. The molecule has 74 valence electrons. The number of rotatable bonds is 1. The van der Waals surface area contributed by atoms with Crippen LogP contribution in [-0.4, -0.2) is 0 Å². The van der Waals surface area contributed by atoms with Crippen LogP contribution >= 0.6 is 27.0 Å². The van der Waals surface area contributed by atoms with Crippen LogP contribution in [0.15, 0.2) is 60.7 Å². The zero-order valence-electron chi connectivity index (χ0n) is 7.77. The fourth-order valence-corrected chi connectivity index (χ4v) is 1.26. The van der Waals surface area contributed by atoms with Crippen LogP contribution < -0.4 is 0 Å². The van der Waals surface area contributed by atoms with Gasteiger partial charge in [0.2, 0.25) is 0 Å². The third-order valence-electron chi connectivity index (χ3n) is 1.88. The summed E-state index contributed by atoms with van der Waals surface area (Å²) < 4.78 is 0. The van der Waals surface area contributed by atoms with Crippen molar-refractivity contribution in [2.75, 3.05) is 0 Å². The van der Waals surface area contributed by atoms with E-state index in [2.05, 4.69) is 48.5 Å². The third kappa shape index (κ3) is 3.13. The second kappa shape index (κ2) is 6.57. The van der Waals surface area contributed by atoms with Gasteiger partial charge >= 0.3 is 0 Å². The van der Waals surface area contributed by atoms with Gasteiger partial charge in [0.25, 0.3) is 0 Å². The minimum absolute atomic E-state index is 0. The summed E-state index contributed by atoms with van der Waals surface area (Å²) in [5.41, 5.74) is 2.55. The quantitative estimate of drug-likeness (QED) is 0.692. The Labute approximate surface area is 98.9 Å². The van der Waals surface area contributed by atoms with Gasteiger partial charge < -0.3 is 0 Å². The van der Waals surface area contributed by atoms with Crippen molar-refractivity contribution < 1.29 is 0 Å². The molecular weight excluding hydrogens is 208 g/mol. The van der Waals surface area contributed by atoms with Gasteiger partial charge in [-0.15, -0.1) is 0 Å². The molecule has 2 aromatic carbocycles. The van der Waals surface area contributed by atoms with Crippen LogP contribution in [0.5, 0.6) is 0 Å². The minimum Gasteiger partial charge on any atom is -0.197 e. The molecule has 2 aromatic rings. The standard InChI is InChI=1S/C12H10.2H2S/c1-3-7-11(8-4-1)12-9-5-2-6-10-12;;/h1-10H;2*1H2. The van der Waals surface area contributed by atoms with Crippen molar-refractivity contribution >= 4 is 27.0 Å². The van der Waals surface area contributed by atoms with E-state index < -0.39 is 0 Å². The molecule has 0 atom stereocenters. The van der Waals surface area contributed by atoms with Crippen LogP contribution in [0.1, 0.15) is 0 Å². The van der Waals surface area contributed by atoms with Gasteiger partial charge in [0.05, 0.1) is 0 Å². The van der Waals surface area contributed by atoms with Gasteiger partial charge in [-0.25, -0.2) is 0 Å². The maximum atomic E-state index is 2.12. The first-order valence-electron chi connectivity index (χ1n) is 4.07. The summed E-state index contributed by atoms with van der Waals surface area (Å²) >= 11 is 0. The highest BCUT2D eigenvalue weighted by Crippen LogP contribution is 2.17. The molecule has 0 bridgehead atoms. The molecule has 0 fully saturated rings. The largest absolute Gasteiger partial charge is 0.197 e. The van der Waals surface area contributed by atoms with E-state index in [1.807, 2.05) is 12.1 Å². The van der Waals surface area contributed by atoms with E-state index in [1.165, 1.54) is 11.1 Å². The van der Waals surface area contributed by atoms with Gasteiger partial charge in [-0.05, 0) is 11.1 Å². The summed E-state index contributed by atoms with van der Waals surface area (Å²) in [5.74, 6) is 0. The summed E-state index contributed by atoms with van der Waals surface area (Å²) in [4.78, 5) is 0. The van der Waals surface area contributed by atoms with E-state index in [4.69, 9.17) is 0 Å². The highest BCUT2D eigenvalue weighted by molar-refractivity contribution is 7.59. The molecule has 0 aliphatic carbocycles. The van der Waals surface area contributed by atoms with E-state index in [0.29, 0.717) is 0 Å². The summed E-state index contributed by atoms with van der Waals surface area (Å²) in [7, 11) is 0. The zero-order chi connectivity index (χ0) is 8.23. The molecule has 0 aromatic heterocycles. The van der Waals surface area contributed by atoms with Crippen LogP contribution in [0, 0.1) is 0 Å². The first-order valence-corrected chi connectivity index (χ1v) is 4.07. The van der Waals surface area contributed by atoms with E-state index in [1.54, 1.807) is 0 Å². The SMILES string of the molecule is S.S.c1ccc(-c2ccccc2)cc1. The highest BCUT2D eigenvalue weighted by Gasteiger charge is 1.91. The summed E-state index contributed by atoms with van der Waals surface area (Å²) in [6.45, 7) is 0. The molecule has 0 N–H and O–H groups in total. The Morgan fingerprint density at radius 1 is 0.429 bits per heavy atom. The molecule has 14 heavy (non-hydrogen) atoms. The number of hydrogen-bond donors (Lipinski definition) is 0. The molecule has 2 rings (SSSR count). The number of hydrogen-bond acceptors (Lipinski definition) is 0. The van der Waals surface area contributed by atoms with Gasteiger partial charge in [-0.1, -0.05) is 60.7 Å². The van der Waals surface area contributed by atoms with Crippen molar-refractivity contribution in [3.63, 3.8) is 0 Å². The molecule has 0 unspecified atom stereocenters. The molecule has 0 aliphatic rings. The van der Waals surface area contributed by atoms with Crippen molar-refractivity contribution in [3.05, 3.63) is 60.7 Å². The van der Waals surface area contributed by atoms with Crippen molar-refractivity contribution in [2.45, 2.75) is 0 Å². The number of benzene rings is 2. The lowest BCUT2D eigenvalue weighted by molar-refractivity contribution is 1.62. The van der Waals surface area contributed by atoms with Crippen molar-refractivity contribution in [2.24, 2.45) is 0 Å². The van der Waals surface area contributed by atoms with Crippen molar-refractivity contribution in [1.29, 1.82) is 0 Å². The monoisotopic (exact) mass is 222 g/mol. The molecule has 0 nitrogen and oxygen atoms in total.